The van der Waals surface area contributed by atoms with Crippen LogP contribution >= 0.6 is 11.3 Å². The number of rotatable bonds is 4. The van der Waals surface area contributed by atoms with E-state index in [9.17, 15) is 14.0 Å². The third kappa shape index (κ3) is 3.44. The number of benzene rings is 1. The first-order valence-corrected chi connectivity index (χ1v) is 9.50. The Balaban J connectivity index is 1.73. The summed E-state index contributed by atoms with van der Waals surface area (Å²) in [6, 6.07) is 13.1. The molecule has 0 radical (unpaired) electrons. The molecule has 0 saturated carbocycles. The van der Waals surface area contributed by atoms with Crippen LogP contribution in [0, 0.1) is 12.7 Å². The summed E-state index contributed by atoms with van der Waals surface area (Å²) in [6.45, 7) is 2.14. The maximum atomic E-state index is 13.8. The van der Waals surface area contributed by atoms with Gasteiger partial charge in [0.25, 0.3) is 11.5 Å². The van der Waals surface area contributed by atoms with Crippen molar-refractivity contribution in [2.24, 2.45) is 0 Å². The minimum atomic E-state index is -0.527. The lowest BCUT2D eigenvalue weighted by molar-refractivity contribution is 0.102. The molecule has 3 aromatic heterocycles. The van der Waals surface area contributed by atoms with Gasteiger partial charge in [0.2, 0.25) is 0 Å². The van der Waals surface area contributed by atoms with E-state index in [2.05, 4.69) is 10.3 Å². The number of carbonyl (C=O) groups excluding carboxylic acids is 1. The van der Waals surface area contributed by atoms with Gasteiger partial charge >= 0.3 is 0 Å². The number of fused-ring (bicyclic) bond motifs is 1. The fraction of sp³-hybridized carbons (Fsp3) is 0.0952. The van der Waals surface area contributed by atoms with E-state index in [4.69, 9.17) is 0 Å². The van der Waals surface area contributed by atoms with E-state index < -0.39 is 11.7 Å². The molecule has 0 saturated heterocycles. The van der Waals surface area contributed by atoms with Gasteiger partial charge in [-0.15, -0.1) is 11.3 Å². The van der Waals surface area contributed by atoms with Crippen LogP contribution in [0.5, 0.6) is 0 Å². The predicted octanol–water partition coefficient (Wildman–Crippen LogP) is 4.21. The first-order valence-electron chi connectivity index (χ1n) is 8.62. The van der Waals surface area contributed by atoms with Gasteiger partial charge in [0.15, 0.2) is 0 Å². The molecule has 5 nitrogen and oxygen atoms in total. The third-order valence-electron chi connectivity index (χ3n) is 4.42. The van der Waals surface area contributed by atoms with Gasteiger partial charge < -0.3 is 9.88 Å². The molecular weight excluding hydrogens is 377 g/mol. The second-order valence-corrected chi connectivity index (χ2v) is 7.35. The fourth-order valence-electron chi connectivity index (χ4n) is 2.98. The molecule has 0 unspecified atom stereocenters. The van der Waals surface area contributed by atoms with Crippen LogP contribution in [-0.4, -0.2) is 15.5 Å². The molecule has 0 atom stereocenters. The van der Waals surface area contributed by atoms with Crippen molar-refractivity contribution in [1.82, 2.24) is 9.55 Å². The van der Waals surface area contributed by atoms with Crippen molar-refractivity contribution in [2.75, 3.05) is 5.32 Å². The lowest BCUT2D eigenvalue weighted by Gasteiger charge is -2.11. The molecule has 140 valence electrons. The minimum Gasteiger partial charge on any atom is -0.319 e. The van der Waals surface area contributed by atoms with Crippen molar-refractivity contribution in [3.05, 3.63) is 92.4 Å². The largest absolute Gasteiger partial charge is 0.319 e. The molecule has 1 N–H and O–H groups in total. The van der Waals surface area contributed by atoms with E-state index in [1.165, 1.54) is 18.2 Å². The van der Waals surface area contributed by atoms with Crippen LogP contribution in [0.3, 0.4) is 0 Å². The van der Waals surface area contributed by atoms with Gasteiger partial charge in [-0.05, 0) is 42.6 Å². The topological polar surface area (TPSA) is 64.0 Å². The summed E-state index contributed by atoms with van der Waals surface area (Å²) >= 11 is 1.57. The molecule has 0 spiro atoms. The lowest BCUT2D eigenvalue weighted by Crippen LogP contribution is -2.21. The summed E-state index contributed by atoms with van der Waals surface area (Å²) in [7, 11) is 0. The molecule has 7 heteroatoms. The van der Waals surface area contributed by atoms with Gasteiger partial charge in [0.1, 0.15) is 5.82 Å². The van der Waals surface area contributed by atoms with Gasteiger partial charge in [-0.1, -0.05) is 18.2 Å². The molecule has 1 amide bonds. The number of para-hydroxylation sites is 1. The second kappa shape index (κ2) is 7.36. The number of thiophene rings is 1. The Morgan fingerprint density at radius 3 is 2.79 bits per heavy atom. The van der Waals surface area contributed by atoms with Crippen LogP contribution in [0.4, 0.5) is 10.1 Å². The highest BCUT2D eigenvalue weighted by molar-refractivity contribution is 7.09. The van der Waals surface area contributed by atoms with Crippen LogP contribution in [0.15, 0.2) is 64.9 Å². The first-order chi connectivity index (χ1) is 13.5. The normalized spacial score (nSPS) is 10.9. The predicted molar refractivity (Wildman–Crippen MR) is 109 cm³/mol. The maximum absolute atomic E-state index is 13.8. The second-order valence-electron chi connectivity index (χ2n) is 6.32. The molecule has 4 aromatic rings. The van der Waals surface area contributed by atoms with Crippen LogP contribution in [0.25, 0.3) is 10.9 Å². The number of halogens is 1. The van der Waals surface area contributed by atoms with E-state index in [1.54, 1.807) is 47.2 Å². The zero-order valence-electron chi connectivity index (χ0n) is 15.0. The Labute approximate surface area is 164 Å². The number of pyridine rings is 2. The average Bonchev–Trinajstić information content (AvgIpc) is 3.19. The number of aromatic nitrogens is 2. The first kappa shape index (κ1) is 18.1. The molecule has 4 rings (SSSR count). The number of hydrogen-bond acceptors (Lipinski definition) is 4. The van der Waals surface area contributed by atoms with Crippen molar-refractivity contribution in [3.63, 3.8) is 0 Å². The SMILES string of the molecule is Cc1nc2ccn(Cc3cccs3)c(=O)c2cc1C(=O)Nc1ccccc1F. The maximum Gasteiger partial charge on any atom is 0.260 e. The summed E-state index contributed by atoms with van der Waals surface area (Å²) in [6.07, 6.45) is 1.70. The molecule has 0 fully saturated rings. The van der Waals surface area contributed by atoms with E-state index >= 15 is 0 Å². The Hall–Kier alpha value is -3.32. The van der Waals surface area contributed by atoms with Crippen molar-refractivity contribution in [3.8, 4) is 0 Å². The summed E-state index contributed by atoms with van der Waals surface area (Å²) in [5.41, 5.74) is 1.08. The van der Waals surface area contributed by atoms with Gasteiger partial charge in [0, 0.05) is 11.1 Å². The molecule has 0 aliphatic carbocycles. The summed E-state index contributed by atoms with van der Waals surface area (Å²) in [5.74, 6) is -1.04. The van der Waals surface area contributed by atoms with Crippen molar-refractivity contribution in [1.29, 1.82) is 0 Å². The van der Waals surface area contributed by atoms with Crippen LogP contribution < -0.4 is 10.9 Å². The van der Waals surface area contributed by atoms with Gasteiger partial charge in [0.05, 0.1) is 34.4 Å². The molecule has 0 bridgehead atoms. The number of hydrogen-bond donors (Lipinski definition) is 1. The van der Waals surface area contributed by atoms with Crippen molar-refractivity contribution >= 4 is 33.8 Å². The molecule has 28 heavy (non-hydrogen) atoms. The lowest BCUT2D eigenvalue weighted by atomic mass is 10.1. The van der Waals surface area contributed by atoms with Gasteiger partial charge in [-0.2, -0.15) is 0 Å². The minimum absolute atomic E-state index is 0.0789. The van der Waals surface area contributed by atoms with E-state index in [0.29, 0.717) is 23.1 Å². The highest BCUT2D eigenvalue weighted by atomic mass is 32.1. The summed E-state index contributed by atoms with van der Waals surface area (Å²) in [4.78, 5) is 31.0. The molecule has 3 heterocycles. The Bertz CT molecular complexity index is 1230. The number of amides is 1. The molecule has 0 aliphatic rings. The van der Waals surface area contributed by atoms with E-state index in [-0.39, 0.29) is 16.8 Å². The smallest absolute Gasteiger partial charge is 0.260 e. The number of carbonyl (C=O) groups is 1. The van der Waals surface area contributed by atoms with Crippen molar-refractivity contribution < 1.29 is 9.18 Å². The Morgan fingerprint density at radius 1 is 1.21 bits per heavy atom. The standard InChI is InChI=1S/C21H16FN3O2S/c1-13-15(20(26)24-19-7-3-2-6-17(19)22)11-16-18(23-13)8-9-25(21(16)27)12-14-5-4-10-28-14/h2-11H,12H2,1H3,(H,24,26). The average molecular weight is 393 g/mol. The number of aryl methyl sites for hydroxylation is 1. The van der Waals surface area contributed by atoms with Crippen LogP contribution in [0.1, 0.15) is 20.9 Å². The van der Waals surface area contributed by atoms with Crippen LogP contribution in [0.2, 0.25) is 0 Å². The zero-order valence-corrected chi connectivity index (χ0v) is 15.8. The highest BCUT2D eigenvalue weighted by Gasteiger charge is 2.15. The third-order valence-corrected chi connectivity index (χ3v) is 5.28. The van der Waals surface area contributed by atoms with E-state index in [0.717, 1.165) is 4.88 Å². The summed E-state index contributed by atoms with van der Waals surface area (Å²) in [5, 5.41) is 4.85. The monoisotopic (exact) mass is 393 g/mol. The number of nitrogens with one attached hydrogen (secondary N) is 1. The summed E-state index contributed by atoms with van der Waals surface area (Å²) < 4.78 is 15.4. The number of nitrogens with zero attached hydrogens (tertiary/aromatic N) is 2. The Morgan fingerprint density at radius 2 is 2.04 bits per heavy atom. The quantitative estimate of drug-likeness (QED) is 0.565. The Kier molecular flexibility index (Phi) is 4.75. The molecule has 1 aromatic carbocycles. The molecule has 0 aliphatic heterocycles. The van der Waals surface area contributed by atoms with E-state index in [1.807, 2.05) is 17.5 Å². The zero-order chi connectivity index (χ0) is 19.7. The van der Waals surface area contributed by atoms with Gasteiger partial charge in [-0.3, -0.25) is 14.6 Å². The van der Waals surface area contributed by atoms with Crippen molar-refractivity contribution in [2.45, 2.75) is 13.5 Å². The highest BCUT2D eigenvalue weighted by Crippen LogP contribution is 2.18. The number of anilines is 1. The van der Waals surface area contributed by atoms with Crippen LogP contribution in [-0.2, 0) is 6.54 Å². The molecular formula is C21H16FN3O2S. The fourth-order valence-corrected chi connectivity index (χ4v) is 3.68. The van der Waals surface area contributed by atoms with Gasteiger partial charge in [-0.25, -0.2) is 4.39 Å².